The number of nitrogens with zero attached hydrogens (tertiary/aromatic N) is 2. The second-order valence-electron chi connectivity index (χ2n) is 3.09. The van der Waals surface area contributed by atoms with Gasteiger partial charge in [0.15, 0.2) is 0 Å². The number of aromatic nitrogens is 2. The van der Waals surface area contributed by atoms with E-state index in [1.807, 2.05) is 36.4 Å². The molecule has 0 atom stereocenters. The standard InChI is InChI=1S/C12H8Cl2N2S2/c13-11(17-9-5-1-3-7-15-9)12(14)18-10-6-2-4-8-16-10/h1-8H/b12-11+. The van der Waals surface area contributed by atoms with Gasteiger partial charge >= 0.3 is 0 Å². The van der Waals surface area contributed by atoms with Crippen LogP contribution < -0.4 is 0 Å². The third kappa shape index (κ3) is 4.21. The zero-order chi connectivity index (χ0) is 12.8. The molecule has 2 nitrogen and oxygen atoms in total. The number of hydrogen-bond acceptors (Lipinski definition) is 4. The van der Waals surface area contributed by atoms with E-state index in [1.54, 1.807) is 12.4 Å². The molecule has 2 rings (SSSR count). The van der Waals surface area contributed by atoms with Crippen LogP contribution in [0.15, 0.2) is 67.6 Å². The lowest BCUT2D eigenvalue weighted by Crippen LogP contribution is -1.79. The normalized spacial score (nSPS) is 12.1. The van der Waals surface area contributed by atoms with Crippen LogP contribution in [-0.2, 0) is 0 Å². The van der Waals surface area contributed by atoms with Crippen molar-refractivity contribution in [3.63, 3.8) is 0 Å². The van der Waals surface area contributed by atoms with Crippen molar-refractivity contribution in [2.75, 3.05) is 0 Å². The molecule has 0 N–H and O–H groups in total. The third-order valence-electron chi connectivity index (χ3n) is 1.82. The third-order valence-corrected chi connectivity index (χ3v) is 4.78. The van der Waals surface area contributed by atoms with Gasteiger partial charge in [-0.05, 0) is 24.3 Å². The Morgan fingerprint density at radius 3 is 1.56 bits per heavy atom. The van der Waals surface area contributed by atoms with Crippen LogP contribution in [-0.4, -0.2) is 9.97 Å². The van der Waals surface area contributed by atoms with Gasteiger partial charge in [-0.3, -0.25) is 0 Å². The quantitative estimate of drug-likeness (QED) is 0.744. The van der Waals surface area contributed by atoms with Crippen LogP contribution in [0, 0.1) is 0 Å². The average molecular weight is 315 g/mol. The highest BCUT2D eigenvalue weighted by molar-refractivity contribution is 8.08. The number of thioether (sulfide) groups is 2. The Bertz CT molecular complexity index is 483. The summed E-state index contributed by atoms with van der Waals surface area (Å²) in [5.41, 5.74) is 0. The van der Waals surface area contributed by atoms with Crippen LogP contribution in [0.5, 0.6) is 0 Å². The molecule has 0 unspecified atom stereocenters. The Morgan fingerprint density at radius 2 is 1.22 bits per heavy atom. The van der Waals surface area contributed by atoms with Crippen LogP contribution in [0.25, 0.3) is 0 Å². The van der Waals surface area contributed by atoms with E-state index >= 15 is 0 Å². The van der Waals surface area contributed by atoms with Crippen molar-refractivity contribution < 1.29 is 0 Å². The molecule has 18 heavy (non-hydrogen) atoms. The molecule has 0 amide bonds. The zero-order valence-corrected chi connectivity index (χ0v) is 12.2. The van der Waals surface area contributed by atoms with Gasteiger partial charge in [-0.1, -0.05) is 58.9 Å². The van der Waals surface area contributed by atoms with E-state index in [2.05, 4.69) is 9.97 Å². The summed E-state index contributed by atoms with van der Waals surface area (Å²) in [6.07, 6.45) is 3.43. The lowest BCUT2D eigenvalue weighted by molar-refractivity contribution is 1.14. The Labute approximate surface area is 124 Å². The molecule has 0 aliphatic rings. The van der Waals surface area contributed by atoms with Gasteiger partial charge < -0.3 is 0 Å². The Morgan fingerprint density at radius 1 is 0.778 bits per heavy atom. The summed E-state index contributed by atoms with van der Waals surface area (Å²) in [6, 6.07) is 11.3. The van der Waals surface area contributed by atoms with Gasteiger partial charge in [-0.2, -0.15) is 0 Å². The topological polar surface area (TPSA) is 25.8 Å². The minimum atomic E-state index is 0.492. The van der Waals surface area contributed by atoms with Gasteiger partial charge in [-0.25, -0.2) is 9.97 Å². The summed E-state index contributed by atoms with van der Waals surface area (Å²) in [7, 11) is 0. The molecule has 92 valence electrons. The van der Waals surface area contributed by atoms with E-state index in [1.165, 1.54) is 23.5 Å². The Balaban J connectivity index is 2.06. The first-order chi connectivity index (χ1) is 8.75. The molecule has 2 aromatic rings. The van der Waals surface area contributed by atoms with Gasteiger partial charge in [0.2, 0.25) is 0 Å². The molecule has 0 aliphatic carbocycles. The largest absolute Gasteiger partial charge is 0.250 e. The molecule has 2 heterocycles. The van der Waals surface area contributed by atoms with Crippen molar-refractivity contribution in [2.45, 2.75) is 10.1 Å². The highest BCUT2D eigenvalue weighted by atomic mass is 35.5. The number of hydrogen-bond donors (Lipinski definition) is 0. The molecule has 0 saturated heterocycles. The van der Waals surface area contributed by atoms with E-state index in [4.69, 9.17) is 23.2 Å². The second kappa shape index (κ2) is 7.04. The van der Waals surface area contributed by atoms with Crippen LogP contribution in [0.1, 0.15) is 0 Å². The van der Waals surface area contributed by atoms with Crippen LogP contribution in [0.3, 0.4) is 0 Å². The summed E-state index contributed by atoms with van der Waals surface area (Å²) < 4.78 is 0.983. The van der Waals surface area contributed by atoms with E-state index in [0.29, 0.717) is 8.73 Å². The second-order valence-corrected chi connectivity index (χ2v) is 6.35. The van der Waals surface area contributed by atoms with E-state index in [-0.39, 0.29) is 0 Å². The van der Waals surface area contributed by atoms with Gasteiger partial charge in [0, 0.05) is 12.4 Å². The van der Waals surface area contributed by atoms with E-state index in [0.717, 1.165) is 10.1 Å². The van der Waals surface area contributed by atoms with Crippen LogP contribution in [0.2, 0.25) is 0 Å². The van der Waals surface area contributed by atoms with Crippen molar-refractivity contribution in [1.29, 1.82) is 0 Å². The van der Waals surface area contributed by atoms with Gasteiger partial charge in [-0.15, -0.1) is 0 Å². The first kappa shape index (κ1) is 13.7. The first-order valence-electron chi connectivity index (χ1n) is 4.99. The molecule has 0 bridgehead atoms. The molecule has 0 fully saturated rings. The number of rotatable bonds is 4. The molecular formula is C12H8Cl2N2S2. The molecule has 6 heteroatoms. The highest BCUT2D eigenvalue weighted by Crippen LogP contribution is 2.39. The fraction of sp³-hybridized carbons (Fsp3) is 0. The van der Waals surface area contributed by atoms with Crippen LogP contribution >= 0.6 is 46.7 Å². The molecule has 0 aromatic carbocycles. The average Bonchev–Trinajstić information content (AvgIpc) is 2.41. The van der Waals surface area contributed by atoms with E-state index < -0.39 is 0 Å². The number of pyridine rings is 2. The van der Waals surface area contributed by atoms with Gasteiger partial charge in [0.05, 0.1) is 0 Å². The maximum absolute atomic E-state index is 6.14. The van der Waals surface area contributed by atoms with Gasteiger partial charge in [0.25, 0.3) is 0 Å². The Kier molecular flexibility index (Phi) is 5.38. The molecule has 0 saturated carbocycles. The summed E-state index contributed by atoms with van der Waals surface area (Å²) in [5, 5.41) is 1.62. The predicted molar refractivity (Wildman–Crippen MR) is 78.9 cm³/mol. The van der Waals surface area contributed by atoms with Gasteiger partial charge in [0.1, 0.15) is 18.8 Å². The molecule has 0 aliphatic heterocycles. The zero-order valence-electron chi connectivity index (χ0n) is 9.09. The SMILES string of the molecule is Cl/C(Sc1ccccn1)=C(/Cl)Sc1ccccn1. The summed E-state index contributed by atoms with van der Waals surface area (Å²) in [5.74, 6) is 0. The molecular weight excluding hydrogens is 307 g/mol. The fourth-order valence-electron chi connectivity index (χ4n) is 1.08. The summed E-state index contributed by atoms with van der Waals surface area (Å²) in [6.45, 7) is 0. The fourth-order valence-corrected chi connectivity index (χ4v) is 3.08. The summed E-state index contributed by atoms with van der Waals surface area (Å²) >= 11 is 14.9. The maximum atomic E-state index is 6.14. The molecule has 0 radical (unpaired) electrons. The Hall–Kier alpha value is -0.680. The smallest absolute Gasteiger partial charge is 0.105 e. The van der Waals surface area contributed by atoms with Crippen molar-refractivity contribution >= 4 is 46.7 Å². The van der Waals surface area contributed by atoms with Crippen LogP contribution in [0.4, 0.5) is 0 Å². The van der Waals surface area contributed by atoms with Crippen molar-refractivity contribution in [3.8, 4) is 0 Å². The highest BCUT2D eigenvalue weighted by Gasteiger charge is 2.07. The first-order valence-corrected chi connectivity index (χ1v) is 7.37. The monoisotopic (exact) mass is 314 g/mol. The van der Waals surface area contributed by atoms with Crippen molar-refractivity contribution in [1.82, 2.24) is 9.97 Å². The lowest BCUT2D eigenvalue weighted by atomic mass is 10.5. The minimum Gasteiger partial charge on any atom is -0.250 e. The molecule has 2 aromatic heterocycles. The lowest BCUT2D eigenvalue weighted by Gasteiger charge is -2.02. The number of halogens is 2. The summed E-state index contributed by atoms with van der Waals surface area (Å²) in [4.78, 5) is 8.34. The van der Waals surface area contributed by atoms with E-state index in [9.17, 15) is 0 Å². The predicted octanol–water partition coefficient (Wildman–Crippen LogP) is 4.97. The molecule has 0 spiro atoms. The van der Waals surface area contributed by atoms with Crippen molar-refractivity contribution in [2.24, 2.45) is 0 Å². The minimum absolute atomic E-state index is 0.492. The van der Waals surface area contributed by atoms with Crippen molar-refractivity contribution in [3.05, 3.63) is 57.5 Å². The maximum Gasteiger partial charge on any atom is 0.105 e.